The summed E-state index contributed by atoms with van der Waals surface area (Å²) in [6.07, 6.45) is 0. The first-order chi connectivity index (χ1) is 8.20. The molecule has 0 atom stereocenters. The number of rotatable bonds is 3. The minimum Gasteiger partial charge on any atom is -0.377 e. The van der Waals surface area contributed by atoms with E-state index in [1.54, 1.807) is 18.2 Å². The van der Waals surface area contributed by atoms with Gasteiger partial charge in [0.15, 0.2) is 0 Å². The number of para-hydroxylation sites is 1. The van der Waals surface area contributed by atoms with Gasteiger partial charge in [-0.25, -0.2) is 4.39 Å². The van der Waals surface area contributed by atoms with Crippen LogP contribution in [0.25, 0.3) is 0 Å². The van der Waals surface area contributed by atoms with Crippen LogP contribution in [0.15, 0.2) is 30.3 Å². The molecule has 0 amide bonds. The SMILES string of the molecule is N#Cc1ccc(CNc2c(F)cccc2Cl)s1. The van der Waals surface area contributed by atoms with Crippen molar-refractivity contribution >= 4 is 28.6 Å². The number of nitrogens with one attached hydrogen (secondary N) is 1. The lowest BCUT2D eigenvalue weighted by Crippen LogP contribution is -2.00. The molecule has 1 aromatic heterocycles. The first-order valence-electron chi connectivity index (χ1n) is 4.87. The highest BCUT2D eigenvalue weighted by Crippen LogP contribution is 2.26. The molecular weight excluding hydrogens is 259 g/mol. The average molecular weight is 267 g/mol. The normalized spacial score (nSPS) is 9.94. The van der Waals surface area contributed by atoms with E-state index in [1.807, 2.05) is 6.07 Å². The summed E-state index contributed by atoms with van der Waals surface area (Å²) in [6.45, 7) is 0.451. The van der Waals surface area contributed by atoms with E-state index in [0.29, 0.717) is 22.1 Å². The second-order valence-corrected chi connectivity index (χ2v) is 4.90. The van der Waals surface area contributed by atoms with Crippen molar-refractivity contribution in [3.8, 4) is 6.07 Å². The Labute approximate surface area is 107 Å². The third-order valence-corrected chi connectivity index (χ3v) is 3.48. The highest BCUT2D eigenvalue weighted by molar-refractivity contribution is 7.12. The molecule has 86 valence electrons. The minimum atomic E-state index is -0.380. The molecule has 0 radical (unpaired) electrons. The van der Waals surface area contributed by atoms with Gasteiger partial charge in [-0.15, -0.1) is 11.3 Å². The predicted molar refractivity (Wildman–Crippen MR) is 67.8 cm³/mol. The van der Waals surface area contributed by atoms with Crippen LogP contribution in [-0.2, 0) is 6.54 Å². The molecule has 0 aliphatic rings. The number of nitriles is 1. The van der Waals surface area contributed by atoms with Crippen LogP contribution in [0.4, 0.5) is 10.1 Å². The van der Waals surface area contributed by atoms with E-state index in [9.17, 15) is 4.39 Å². The fourth-order valence-electron chi connectivity index (χ4n) is 1.38. The summed E-state index contributed by atoms with van der Waals surface area (Å²) in [7, 11) is 0. The maximum atomic E-state index is 13.4. The first kappa shape index (κ1) is 11.9. The summed E-state index contributed by atoms with van der Waals surface area (Å²) in [4.78, 5) is 1.60. The standard InChI is InChI=1S/C12H8ClFN2S/c13-10-2-1-3-11(14)12(10)16-7-9-5-4-8(6-15)17-9/h1-5,16H,7H2. The van der Waals surface area contributed by atoms with Crippen LogP contribution in [0.1, 0.15) is 9.75 Å². The zero-order valence-corrected chi connectivity index (χ0v) is 10.3. The van der Waals surface area contributed by atoms with Crippen LogP contribution in [0.3, 0.4) is 0 Å². The molecule has 2 rings (SSSR count). The summed E-state index contributed by atoms with van der Waals surface area (Å²) in [5, 5.41) is 12.0. The molecule has 0 fully saturated rings. The maximum absolute atomic E-state index is 13.4. The molecular formula is C12H8ClFN2S. The van der Waals surface area contributed by atoms with Crippen molar-refractivity contribution in [2.75, 3.05) is 5.32 Å². The molecule has 1 aromatic carbocycles. The lowest BCUT2D eigenvalue weighted by atomic mass is 10.3. The van der Waals surface area contributed by atoms with Crippen molar-refractivity contribution in [1.29, 1.82) is 5.26 Å². The molecule has 0 aliphatic carbocycles. The van der Waals surface area contributed by atoms with Crippen molar-refractivity contribution in [2.45, 2.75) is 6.54 Å². The first-order valence-corrected chi connectivity index (χ1v) is 6.07. The van der Waals surface area contributed by atoms with Gasteiger partial charge in [0.2, 0.25) is 0 Å². The van der Waals surface area contributed by atoms with E-state index in [0.717, 1.165) is 4.88 Å². The zero-order valence-electron chi connectivity index (χ0n) is 8.71. The Balaban J connectivity index is 2.10. The highest BCUT2D eigenvalue weighted by Gasteiger charge is 2.06. The van der Waals surface area contributed by atoms with E-state index in [-0.39, 0.29) is 5.82 Å². The van der Waals surface area contributed by atoms with Crippen LogP contribution in [0.2, 0.25) is 5.02 Å². The molecule has 0 spiro atoms. The van der Waals surface area contributed by atoms with Crippen molar-refractivity contribution in [1.82, 2.24) is 0 Å². The van der Waals surface area contributed by atoms with Crippen molar-refractivity contribution in [2.24, 2.45) is 0 Å². The summed E-state index contributed by atoms with van der Waals surface area (Å²) in [5.41, 5.74) is 0.293. The van der Waals surface area contributed by atoms with Gasteiger partial charge < -0.3 is 5.32 Å². The summed E-state index contributed by atoms with van der Waals surface area (Å²) in [6, 6.07) is 10.2. The number of thiophene rings is 1. The van der Waals surface area contributed by atoms with Gasteiger partial charge in [-0.3, -0.25) is 0 Å². The molecule has 17 heavy (non-hydrogen) atoms. The van der Waals surface area contributed by atoms with Crippen LogP contribution in [-0.4, -0.2) is 0 Å². The topological polar surface area (TPSA) is 35.8 Å². The van der Waals surface area contributed by atoms with Crippen molar-refractivity contribution in [3.63, 3.8) is 0 Å². The number of nitrogens with zero attached hydrogens (tertiary/aromatic N) is 1. The number of hydrogen-bond acceptors (Lipinski definition) is 3. The van der Waals surface area contributed by atoms with E-state index in [4.69, 9.17) is 16.9 Å². The van der Waals surface area contributed by atoms with Gasteiger partial charge in [0, 0.05) is 11.4 Å². The van der Waals surface area contributed by atoms with E-state index in [2.05, 4.69) is 11.4 Å². The quantitative estimate of drug-likeness (QED) is 0.911. The Bertz CT molecular complexity index is 554. The molecule has 1 heterocycles. The second kappa shape index (κ2) is 5.17. The molecule has 0 bridgehead atoms. The largest absolute Gasteiger partial charge is 0.377 e. The predicted octanol–water partition coefficient (Wildman–Crippen LogP) is 4.02. The van der Waals surface area contributed by atoms with Crippen molar-refractivity contribution in [3.05, 3.63) is 50.9 Å². The lowest BCUT2D eigenvalue weighted by molar-refractivity contribution is 0.630. The van der Waals surface area contributed by atoms with Gasteiger partial charge in [-0.1, -0.05) is 17.7 Å². The summed E-state index contributed by atoms with van der Waals surface area (Å²) >= 11 is 7.25. The molecule has 0 saturated carbocycles. The number of benzene rings is 1. The van der Waals surface area contributed by atoms with Crippen LogP contribution < -0.4 is 5.32 Å². The number of anilines is 1. The Morgan fingerprint density at radius 1 is 1.35 bits per heavy atom. The molecule has 2 aromatic rings. The molecule has 0 aliphatic heterocycles. The number of halogens is 2. The van der Waals surface area contributed by atoms with Gasteiger partial charge in [0.1, 0.15) is 16.8 Å². The number of hydrogen-bond donors (Lipinski definition) is 1. The smallest absolute Gasteiger partial charge is 0.147 e. The van der Waals surface area contributed by atoms with Crippen LogP contribution >= 0.6 is 22.9 Å². The summed E-state index contributed by atoms with van der Waals surface area (Å²) in [5.74, 6) is -0.380. The molecule has 0 unspecified atom stereocenters. The van der Waals surface area contributed by atoms with Gasteiger partial charge in [-0.05, 0) is 24.3 Å². The van der Waals surface area contributed by atoms with E-state index in [1.165, 1.54) is 17.4 Å². The average Bonchev–Trinajstić information content (AvgIpc) is 2.76. The Kier molecular flexibility index (Phi) is 3.62. The maximum Gasteiger partial charge on any atom is 0.147 e. The van der Waals surface area contributed by atoms with Crippen LogP contribution in [0.5, 0.6) is 0 Å². The lowest BCUT2D eigenvalue weighted by Gasteiger charge is -2.07. The van der Waals surface area contributed by atoms with E-state index < -0.39 is 0 Å². The monoisotopic (exact) mass is 266 g/mol. The Morgan fingerprint density at radius 3 is 2.82 bits per heavy atom. The van der Waals surface area contributed by atoms with Gasteiger partial charge in [0.05, 0.1) is 10.7 Å². The summed E-state index contributed by atoms with van der Waals surface area (Å²) < 4.78 is 13.4. The molecule has 0 saturated heterocycles. The minimum absolute atomic E-state index is 0.293. The fourth-order valence-corrected chi connectivity index (χ4v) is 2.35. The zero-order chi connectivity index (χ0) is 12.3. The van der Waals surface area contributed by atoms with Crippen LogP contribution in [0, 0.1) is 17.1 Å². The third kappa shape index (κ3) is 2.76. The second-order valence-electron chi connectivity index (χ2n) is 3.33. The Morgan fingerprint density at radius 2 is 2.18 bits per heavy atom. The molecule has 5 heteroatoms. The highest BCUT2D eigenvalue weighted by atomic mass is 35.5. The molecule has 2 nitrogen and oxygen atoms in total. The van der Waals surface area contributed by atoms with E-state index >= 15 is 0 Å². The Hall–Kier alpha value is -1.57. The van der Waals surface area contributed by atoms with Crippen molar-refractivity contribution < 1.29 is 4.39 Å². The molecule has 1 N–H and O–H groups in total. The third-order valence-electron chi connectivity index (χ3n) is 2.17. The van der Waals surface area contributed by atoms with Gasteiger partial charge >= 0.3 is 0 Å². The van der Waals surface area contributed by atoms with Gasteiger partial charge in [-0.2, -0.15) is 5.26 Å². The fraction of sp³-hybridized carbons (Fsp3) is 0.0833. The van der Waals surface area contributed by atoms with Gasteiger partial charge in [0.25, 0.3) is 0 Å².